The van der Waals surface area contributed by atoms with E-state index in [0.717, 1.165) is 6.42 Å². The third-order valence-electron chi connectivity index (χ3n) is 2.20. The predicted molar refractivity (Wildman–Crippen MR) is 46.8 cm³/mol. The normalized spacial score (nSPS) is 24.9. The van der Waals surface area contributed by atoms with Crippen molar-refractivity contribution in [1.29, 1.82) is 0 Å². The Kier molecular flexibility index (Phi) is 4.12. The van der Waals surface area contributed by atoms with Gasteiger partial charge in [-0.1, -0.05) is 0 Å². The Balaban J connectivity index is 2.38. The van der Waals surface area contributed by atoms with Crippen LogP contribution < -0.4 is 0 Å². The monoisotopic (exact) mass is 205 g/mol. The minimum absolute atomic E-state index is 0.244. The number of aliphatic hydroxyl groups excluding tert-OH is 2. The second kappa shape index (κ2) is 5.14. The Hall–Kier alpha value is -0.850. The van der Waals surface area contributed by atoms with Crippen molar-refractivity contribution in [2.24, 2.45) is 0 Å². The highest BCUT2D eigenvalue weighted by Gasteiger charge is 2.28. The fraction of sp³-hybridized carbons (Fsp3) is 0.875. The molecule has 0 aromatic carbocycles. The molecule has 1 aliphatic heterocycles. The van der Waals surface area contributed by atoms with Gasteiger partial charge in [-0.2, -0.15) is 0 Å². The van der Waals surface area contributed by atoms with E-state index in [0.29, 0.717) is 13.0 Å². The van der Waals surface area contributed by atoms with E-state index < -0.39 is 18.5 Å². The zero-order valence-corrected chi connectivity index (χ0v) is 7.80. The van der Waals surface area contributed by atoms with Crippen LogP contribution in [0.4, 0.5) is 4.79 Å². The van der Waals surface area contributed by atoms with Crippen LogP contribution in [-0.2, 0) is 4.74 Å². The van der Waals surface area contributed by atoms with Crippen LogP contribution in [-0.4, -0.2) is 58.4 Å². The molecule has 3 N–H and O–H groups in total. The van der Waals surface area contributed by atoms with Crippen molar-refractivity contribution in [3.63, 3.8) is 0 Å². The first-order chi connectivity index (χ1) is 6.63. The van der Waals surface area contributed by atoms with Crippen molar-refractivity contribution in [3.05, 3.63) is 0 Å². The molecule has 14 heavy (non-hydrogen) atoms. The molecule has 1 fully saturated rings. The minimum atomic E-state index is -1.31. The van der Waals surface area contributed by atoms with Crippen molar-refractivity contribution in [1.82, 2.24) is 4.90 Å². The van der Waals surface area contributed by atoms with E-state index in [-0.39, 0.29) is 13.2 Å². The molecule has 2 unspecified atom stereocenters. The summed E-state index contributed by atoms with van der Waals surface area (Å²) in [7, 11) is 0. The summed E-state index contributed by atoms with van der Waals surface area (Å²) in [6.07, 6.45) is -1.14. The number of aliphatic hydroxyl groups is 2. The number of rotatable bonds is 4. The molecule has 0 aromatic rings. The first-order valence-electron chi connectivity index (χ1n) is 4.56. The van der Waals surface area contributed by atoms with E-state index in [2.05, 4.69) is 4.74 Å². The molecule has 1 rings (SSSR count). The van der Waals surface area contributed by atoms with Gasteiger partial charge in [-0.3, -0.25) is 4.90 Å². The Morgan fingerprint density at radius 2 is 2.36 bits per heavy atom. The summed E-state index contributed by atoms with van der Waals surface area (Å²) in [6.45, 7) is 0.611. The number of hydrogen-bond donors (Lipinski definition) is 3. The molecule has 0 spiro atoms. The van der Waals surface area contributed by atoms with Crippen LogP contribution in [0.5, 0.6) is 0 Å². The molecule has 0 aliphatic carbocycles. The van der Waals surface area contributed by atoms with Crippen molar-refractivity contribution in [2.75, 3.05) is 19.7 Å². The second-order valence-electron chi connectivity index (χ2n) is 3.31. The molecule has 0 radical (unpaired) electrons. The lowest BCUT2D eigenvalue weighted by molar-refractivity contribution is -0.0358. The topological polar surface area (TPSA) is 90.2 Å². The molecule has 6 heteroatoms. The van der Waals surface area contributed by atoms with Crippen LogP contribution in [0.1, 0.15) is 12.8 Å². The highest BCUT2D eigenvalue weighted by molar-refractivity contribution is 5.57. The van der Waals surface area contributed by atoms with Gasteiger partial charge in [-0.05, 0) is 12.8 Å². The van der Waals surface area contributed by atoms with E-state index >= 15 is 0 Å². The first-order valence-corrected chi connectivity index (χ1v) is 4.56. The van der Waals surface area contributed by atoms with E-state index in [9.17, 15) is 9.90 Å². The zero-order valence-electron chi connectivity index (χ0n) is 7.80. The molecule has 6 nitrogen and oxygen atoms in total. The third-order valence-corrected chi connectivity index (χ3v) is 2.20. The molecule has 1 aliphatic rings. The van der Waals surface area contributed by atoms with Crippen LogP contribution in [0.2, 0.25) is 0 Å². The molecular formula is C8H15NO5. The molecule has 82 valence electrons. The van der Waals surface area contributed by atoms with E-state index in [1.54, 1.807) is 4.90 Å². The average molecular weight is 205 g/mol. The molecule has 0 bridgehead atoms. The highest BCUT2D eigenvalue weighted by atomic mass is 16.7. The summed E-state index contributed by atoms with van der Waals surface area (Å²) in [5, 5.41) is 26.2. The number of carboxylic acid groups (broad SMARTS) is 1. The predicted octanol–water partition coefficient (Wildman–Crippen LogP) is -0.544. The van der Waals surface area contributed by atoms with Gasteiger partial charge in [0.2, 0.25) is 0 Å². The molecule has 0 amide bonds. The summed E-state index contributed by atoms with van der Waals surface area (Å²) in [5.41, 5.74) is 0. The number of β-amino-alcohol motifs (C(OH)–C–C–N with tert-alkyl or cyclic N) is 1. The van der Waals surface area contributed by atoms with Crippen LogP contribution in [0.15, 0.2) is 0 Å². The number of hydrogen-bond acceptors (Lipinski definition) is 5. The highest BCUT2D eigenvalue weighted by Crippen LogP contribution is 2.18. The van der Waals surface area contributed by atoms with Crippen molar-refractivity contribution in [3.8, 4) is 0 Å². The van der Waals surface area contributed by atoms with Gasteiger partial charge < -0.3 is 20.1 Å². The van der Waals surface area contributed by atoms with E-state index in [1.165, 1.54) is 0 Å². The van der Waals surface area contributed by atoms with Crippen molar-refractivity contribution >= 4 is 6.16 Å². The Labute approximate surface area is 81.7 Å². The minimum Gasteiger partial charge on any atom is -0.450 e. The molecule has 1 saturated heterocycles. The number of nitrogens with zero attached hydrogens (tertiary/aromatic N) is 1. The smallest absolute Gasteiger partial charge is 0.450 e. The van der Waals surface area contributed by atoms with Gasteiger partial charge in [-0.15, -0.1) is 0 Å². The van der Waals surface area contributed by atoms with Crippen LogP contribution in [0, 0.1) is 0 Å². The fourth-order valence-electron chi connectivity index (χ4n) is 1.58. The number of likely N-dealkylation sites (tertiary alicyclic amines) is 1. The quantitative estimate of drug-likeness (QED) is 0.534. The van der Waals surface area contributed by atoms with E-state index in [4.69, 9.17) is 10.2 Å². The van der Waals surface area contributed by atoms with Gasteiger partial charge in [0.05, 0.1) is 12.7 Å². The van der Waals surface area contributed by atoms with Crippen LogP contribution >= 0.6 is 0 Å². The maximum atomic E-state index is 10.3. The Morgan fingerprint density at radius 3 is 2.93 bits per heavy atom. The van der Waals surface area contributed by atoms with Gasteiger partial charge >= 0.3 is 6.16 Å². The lowest BCUT2D eigenvalue weighted by atomic mass is 10.3. The summed E-state index contributed by atoms with van der Waals surface area (Å²) in [4.78, 5) is 12.0. The van der Waals surface area contributed by atoms with Crippen LogP contribution in [0.25, 0.3) is 0 Å². The van der Waals surface area contributed by atoms with Gasteiger partial charge in [-0.25, -0.2) is 4.79 Å². The number of ether oxygens (including phenoxy) is 1. The molecule has 0 aromatic heterocycles. The summed E-state index contributed by atoms with van der Waals surface area (Å²) >= 11 is 0. The second-order valence-corrected chi connectivity index (χ2v) is 3.31. The lowest BCUT2D eigenvalue weighted by Crippen LogP contribution is -2.39. The third kappa shape index (κ3) is 3.13. The first kappa shape index (κ1) is 11.2. The molecular weight excluding hydrogens is 190 g/mol. The Bertz CT molecular complexity index is 198. The lowest BCUT2D eigenvalue weighted by Gasteiger charge is -2.24. The maximum absolute atomic E-state index is 10.3. The zero-order chi connectivity index (χ0) is 10.6. The maximum Gasteiger partial charge on any atom is 0.507 e. The molecule has 1 heterocycles. The van der Waals surface area contributed by atoms with Crippen molar-refractivity contribution in [2.45, 2.75) is 25.2 Å². The summed E-state index contributed by atoms with van der Waals surface area (Å²) in [6, 6.07) is 0. The van der Waals surface area contributed by atoms with Gasteiger partial charge in [0, 0.05) is 13.1 Å². The SMILES string of the molecule is O=C(O)OC1CCCN1CC(O)CO. The van der Waals surface area contributed by atoms with E-state index in [1.807, 2.05) is 0 Å². The number of carbonyl (C=O) groups is 1. The average Bonchev–Trinajstić information content (AvgIpc) is 2.52. The van der Waals surface area contributed by atoms with Gasteiger partial charge in [0.25, 0.3) is 0 Å². The van der Waals surface area contributed by atoms with Crippen molar-refractivity contribution < 1.29 is 24.9 Å². The standard InChI is InChI=1S/C8H15NO5/c10-5-6(11)4-9-3-1-2-7(9)14-8(12)13/h6-7,10-11H,1-5H2,(H,12,13). The molecule has 0 saturated carbocycles. The van der Waals surface area contributed by atoms with Gasteiger partial charge in [0.15, 0.2) is 6.23 Å². The fourth-order valence-corrected chi connectivity index (χ4v) is 1.58. The largest absolute Gasteiger partial charge is 0.507 e. The molecule has 2 atom stereocenters. The van der Waals surface area contributed by atoms with Gasteiger partial charge in [0.1, 0.15) is 0 Å². The summed E-state index contributed by atoms with van der Waals surface area (Å²) < 4.78 is 4.62. The Morgan fingerprint density at radius 1 is 1.64 bits per heavy atom. The van der Waals surface area contributed by atoms with Crippen LogP contribution in [0.3, 0.4) is 0 Å². The summed E-state index contributed by atoms with van der Waals surface area (Å²) in [5.74, 6) is 0.